The lowest BCUT2D eigenvalue weighted by Crippen LogP contribution is -2.43. The van der Waals surface area contributed by atoms with Crippen LogP contribution in [0.2, 0.25) is 0 Å². The van der Waals surface area contributed by atoms with Crippen molar-refractivity contribution >= 4 is 22.5 Å². The number of rotatable bonds is 5. The molecule has 3 aromatic rings. The summed E-state index contributed by atoms with van der Waals surface area (Å²) in [6.45, 7) is 8.68. The van der Waals surface area contributed by atoms with Gasteiger partial charge in [-0.3, -0.25) is 14.0 Å². The Morgan fingerprint density at radius 2 is 2.03 bits per heavy atom. The molecule has 0 bridgehead atoms. The molecule has 0 saturated heterocycles. The topological polar surface area (TPSA) is 81.5 Å². The van der Waals surface area contributed by atoms with E-state index in [1.165, 1.54) is 17.5 Å². The minimum Gasteiger partial charge on any atom is -0.460 e. The molecule has 1 saturated carbocycles. The van der Waals surface area contributed by atoms with E-state index in [2.05, 4.69) is 24.3 Å². The van der Waals surface area contributed by atoms with Gasteiger partial charge in [-0.2, -0.15) is 5.10 Å². The zero-order chi connectivity index (χ0) is 20.7. The van der Waals surface area contributed by atoms with E-state index in [1.807, 2.05) is 24.3 Å². The van der Waals surface area contributed by atoms with Gasteiger partial charge in [0.25, 0.3) is 5.56 Å². The van der Waals surface area contributed by atoms with Crippen molar-refractivity contribution in [2.24, 2.45) is 11.8 Å². The van der Waals surface area contributed by atoms with E-state index in [9.17, 15) is 9.59 Å². The van der Waals surface area contributed by atoms with Crippen molar-refractivity contribution in [3.63, 3.8) is 0 Å². The van der Waals surface area contributed by atoms with E-state index < -0.39 is 0 Å². The van der Waals surface area contributed by atoms with Gasteiger partial charge in [0, 0.05) is 31.1 Å². The van der Waals surface area contributed by atoms with Gasteiger partial charge in [0.2, 0.25) is 5.91 Å². The SMILES string of the molecule is Cc1cc2c(cc3c(=O)n(CCCC(=O)N[C@@H]4CCC[C@@H](C)[C@H]4C)nc(C)n32)o1. The highest BCUT2D eigenvalue weighted by atomic mass is 16.3. The van der Waals surface area contributed by atoms with Gasteiger partial charge in [-0.1, -0.05) is 26.7 Å². The molecule has 4 rings (SSSR count). The fourth-order valence-electron chi connectivity index (χ4n) is 4.62. The molecule has 0 aliphatic heterocycles. The first-order valence-electron chi connectivity index (χ1n) is 10.6. The minimum atomic E-state index is -0.158. The summed E-state index contributed by atoms with van der Waals surface area (Å²) in [6.07, 6.45) is 4.46. The van der Waals surface area contributed by atoms with Crippen LogP contribution in [0.15, 0.2) is 21.3 Å². The average molecular weight is 399 g/mol. The Morgan fingerprint density at radius 1 is 1.24 bits per heavy atom. The molecule has 0 radical (unpaired) electrons. The molecule has 3 aromatic heterocycles. The number of aryl methyl sites for hydroxylation is 3. The van der Waals surface area contributed by atoms with Crippen LogP contribution in [0.5, 0.6) is 0 Å². The molecule has 0 spiro atoms. The molecule has 29 heavy (non-hydrogen) atoms. The lowest BCUT2D eigenvalue weighted by molar-refractivity contribution is -0.122. The summed E-state index contributed by atoms with van der Waals surface area (Å²) in [5.41, 5.74) is 1.95. The molecule has 3 heterocycles. The number of hydrogen-bond acceptors (Lipinski definition) is 4. The maximum atomic E-state index is 12.8. The minimum absolute atomic E-state index is 0.0671. The maximum absolute atomic E-state index is 12.8. The third-order valence-corrected chi connectivity index (χ3v) is 6.48. The van der Waals surface area contributed by atoms with Crippen LogP contribution in [0.4, 0.5) is 0 Å². The van der Waals surface area contributed by atoms with Gasteiger partial charge >= 0.3 is 0 Å². The first-order chi connectivity index (χ1) is 13.8. The highest BCUT2D eigenvalue weighted by Gasteiger charge is 2.27. The molecule has 7 heteroatoms. The number of furan rings is 1. The van der Waals surface area contributed by atoms with Gasteiger partial charge in [0.1, 0.15) is 17.1 Å². The summed E-state index contributed by atoms with van der Waals surface area (Å²) in [7, 11) is 0. The predicted molar refractivity (Wildman–Crippen MR) is 112 cm³/mol. The number of carbonyl (C=O) groups is 1. The maximum Gasteiger partial charge on any atom is 0.291 e. The molecule has 1 N–H and O–H groups in total. The quantitative estimate of drug-likeness (QED) is 0.712. The van der Waals surface area contributed by atoms with Gasteiger partial charge in [-0.05, 0) is 38.5 Å². The summed E-state index contributed by atoms with van der Waals surface area (Å²) in [6, 6.07) is 3.96. The van der Waals surface area contributed by atoms with Crippen molar-refractivity contribution in [2.45, 2.75) is 72.4 Å². The van der Waals surface area contributed by atoms with E-state index in [-0.39, 0.29) is 17.5 Å². The Labute approximate surface area is 170 Å². The highest BCUT2D eigenvalue weighted by molar-refractivity contribution is 5.83. The van der Waals surface area contributed by atoms with Crippen LogP contribution in [0, 0.1) is 25.7 Å². The fraction of sp³-hybridized carbons (Fsp3) is 0.591. The van der Waals surface area contributed by atoms with Crippen molar-refractivity contribution in [3.05, 3.63) is 34.1 Å². The summed E-state index contributed by atoms with van der Waals surface area (Å²) >= 11 is 0. The molecule has 0 unspecified atom stereocenters. The molecule has 156 valence electrons. The van der Waals surface area contributed by atoms with Gasteiger partial charge < -0.3 is 9.73 Å². The molecular formula is C22H30N4O3. The Kier molecular flexibility index (Phi) is 5.23. The van der Waals surface area contributed by atoms with Crippen LogP contribution in [0.1, 0.15) is 57.5 Å². The summed E-state index contributed by atoms with van der Waals surface area (Å²) in [4.78, 5) is 25.2. The molecule has 1 aliphatic rings. The Balaban J connectivity index is 1.42. The lowest BCUT2D eigenvalue weighted by Gasteiger charge is -2.34. The normalized spacial score (nSPS) is 22.4. The number of carbonyl (C=O) groups excluding carboxylic acids is 1. The summed E-state index contributed by atoms with van der Waals surface area (Å²) in [5, 5.41) is 7.66. The number of fused-ring (bicyclic) bond motifs is 3. The summed E-state index contributed by atoms with van der Waals surface area (Å²) < 4.78 is 8.96. The van der Waals surface area contributed by atoms with E-state index >= 15 is 0 Å². The average Bonchev–Trinajstić information content (AvgIpc) is 3.19. The number of hydrogen-bond donors (Lipinski definition) is 1. The Morgan fingerprint density at radius 3 is 2.83 bits per heavy atom. The van der Waals surface area contributed by atoms with Gasteiger partial charge in [-0.25, -0.2) is 4.68 Å². The smallest absolute Gasteiger partial charge is 0.291 e. The van der Waals surface area contributed by atoms with E-state index in [4.69, 9.17) is 4.42 Å². The van der Waals surface area contributed by atoms with Crippen LogP contribution < -0.4 is 10.9 Å². The van der Waals surface area contributed by atoms with Gasteiger partial charge in [0.15, 0.2) is 5.58 Å². The first kappa shape index (κ1) is 19.7. The molecule has 3 atom stereocenters. The molecule has 7 nitrogen and oxygen atoms in total. The fourth-order valence-corrected chi connectivity index (χ4v) is 4.62. The molecule has 1 fully saturated rings. The zero-order valence-corrected chi connectivity index (χ0v) is 17.7. The molecule has 1 amide bonds. The van der Waals surface area contributed by atoms with Gasteiger partial charge in [0.05, 0.1) is 5.52 Å². The largest absolute Gasteiger partial charge is 0.460 e. The van der Waals surface area contributed by atoms with Crippen LogP contribution in [0.25, 0.3) is 16.6 Å². The van der Waals surface area contributed by atoms with E-state index in [1.54, 1.807) is 6.07 Å². The summed E-state index contributed by atoms with van der Waals surface area (Å²) in [5.74, 6) is 2.76. The zero-order valence-electron chi connectivity index (χ0n) is 17.7. The Hall–Kier alpha value is -2.57. The van der Waals surface area contributed by atoms with Crippen LogP contribution in [0.3, 0.4) is 0 Å². The monoisotopic (exact) mass is 398 g/mol. The second-order valence-electron chi connectivity index (χ2n) is 8.59. The third-order valence-electron chi connectivity index (χ3n) is 6.48. The van der Waals surface area contributed by atoms with Crippen LogP contribution in [-0.2, 0) is 11.3 Å². The van der Waals surface area contributed by atoms with Crippen molar-refractivity contribution in [3.8, 4) is 0 Å². The van der Waals surface area contributed by atoms with E-state index in [0.29, 0.717) is 42.3 Å². The van der Waals surface area contributed by atoms with Crippen LogP contribution >= 0.6 is 0 Å². The van der Waals surface area contributed by atoms with Crippen LogP contribution in [-0.4, -0.2) is 26.1 Å². The molecular weight excluding hydrogens is 368 g/mol. The molecule has 1 aliphatic carbocycles. The molecule has 0 aromatic carbocycles. The van der Waals surface area contributed by atoms with Crippen molar-refractivity contribution in [1.82, 2.24) is 19.5 Å². The number of aromatic nitrogens is 3. The van der Waals surface area contributed by atoms with Gasteiger partial charge in [-0.15, -0.1) is 0 Å². The lowest BCUT2D eigenvalue weighted by atomic mass is 9.78. The van der Waals surface area contributed by atoms with Crippen molar-refractivity contribution < 1.29 is 9.21 Å². The standard InChI is InChI=1S/C22H30N4O3/c1-13-7-5-8-17(15(13)3)23-21(27)9-6-10-25-22(28)19-12-20-18(11-14(2)29-20)26(19)16(4)24-25/h11-13,15,17H,5-10H2,1-4H3,(H,23,27)/t13-,15-,17-/m1/s1. The number of nitrogens with one attached hydrogen (secondary N) is 1. The van der Waals surface area contributed by atoms with E-state index in [0.717, 1.165) is 23.5 Å². The second-order valence-corrected chi connectivity index (χ2v) is 8.59. The second kappa shape index (κ2) is 7.69. The third kappa shape index (κ3) is 3.70. The number of amides is 1. The number of nitrogens with zero attached hydrogens (tertiary/aromatic N) is 3. The Bertz CT molecular complexity index is 1110. The first-order valence-corrected chi connectivity index (χ1v) is 10.6. The predicted octanol–water partition coefficient (Wildman–Crippen LogP) is 3.58. The van der Waals surface area contributed by atoms with Crippen molar-refractivity contribution in [2.75, 3.05) is 0 Å². The highest BCUT2D eigenvalue weighted by Crippen LogP contribution is 2.29. The van der Waals surface area contributed by atoms with Crippen molar-refractivity contribution in [1.29, 1.82) is 0 Å².